The molecule has 5 rings (SSSR count). The van der Waals surface area contributed by atoms with Crippen LogP contribution in [-0.2, 0) is 78.4 Å². The van der Waals surface area contributed by atoms with E-state index < -0.39 is 144 Å². The number of aromatic amines is 2. The zero-order valence-corrected chi connectivity index (χ0v) is 53.1. The minimum absolute atomic E-state index is 0.0425. The summed E-state index contributed by atoms with van der Waals surface area (Å²) in [5.41, 5.74) is 18.7. The number of hydrogen-bond donors (Lipinski definition) is 16. The van der Waals surface area contributed by atoms with Gasteiger partial charge in [0.05, 0.1) is 25.1 Å². The zero-order chi connectivity index (χ0) is 68.5. The van der Waals surface area contributed by atoms with Crippen molar-refractivity contribution in [1.82, 2.24) is 67.4 Å². The molecule has 1 saturated heterocycles. The number of aromatic hydroxyl groups is 1. The van der Waals surface area contributed by atoms with E-state index in [1.165, 1.54) is 54.2 Å². The van der Waals surface area contributed by atoms with Crippen LogP contribution in [0.3, 0.4) is 0 Å². The number of H-pyrrole nitrogens is 2. The van der Waals surface area contributed by atoms with E-state index >= 15 is 4.79 Å². The minimum atomic E-state index is -1.53. The van der Waals surface area contributed by atoms with Crippen molar-refractivity contribution in [3.63, 3.8) is 0 Å². The van der Waals surface area contributed by atoms with E-state index in [2.05, 4.69) is 67.5 Å². The maximum absolute atomic E-state index is 15.1. The number of nitrogens with one attached hydrogen (secondary N) is 10. The molecule has 1 aliphatic heterocycles. The molecule has 0 unspecified atom stereocenters. The van der Waals surface area contributed by atoms with Crippen molar-refractivity contribution in [3.05, 3.63) is 102 Å². The van der Waals surface area contributed by atoms with Gasteiger partial charge in [-0.25, -0.2) is 14.8 Å². The highest BCUT2D eigenvalue weighted by Gasteiger charge is 2.42. The quantitative estimate of drug-likeness (QED) is 0.0141. The van der Waals surface area contributed by atoms with E-state index in [1.807, 2.05) is 0 Å². The van der Waals surface area contributed by atoms with E-state index in [0.717, 1.165) is 0 Å². The number of carboxylic acid groups (broad SMARTS) is 2. The van der Waals surface area contributed by atoms with Gasteiger partial charge in [-0.05, 0) is 73.1 Å². The second-order valence-electron chi connectivity index (χ2n) is 23.9. The van der Waals surface area contributed by atoms with E-state index in [9.17, 15) is 63.3 Å². The van der Waals surface area contributed by atoms with Gasteiger partial charge in [0.25, 0.3) is 0 Å². The highest BCUT2D eigenvalue weighted by Crippen LogP contribution is 2.22. The molecule has 506 valence electrons. The molecular weight excluding hydrogens is 1210 g/mol. The van der Waals surface area contributed by atoms with Gasteiger partial charge in [0.2, 0.25) is 53.2 Å². The van der Waals surface area contributed by atoms with E-state index in [0.29, 0.717) is 35.4 Å². The number of phenols is 1. The van der Waals surface area contributed by atoms with E-state index in [-0.39, 0.29) is 82.1 Å². The van der Waals surface area contributed by atoms with Crippen molar-refractivity contribution in [3.8, 4) is 5.75 Å². The number of carbonyl (C=O) groups excluding carboxylic acids is 9. The number of carboxylic acids is 2. The SMILES string of the molecule is CC[C@H](C)[C@H](NC(=O)[C@H](Cc1ccc(O)cc1)NC(=O)[C@@H](NC(=O)[C@H](CCCN=C(N)N)NC(=O)[C@H](N)CC(=O)O)C(C)C)C(=O)N[C@@H](Cc1cnc[nH]1)C(=O)N1CCC[C@@H]1C(=O)N[C@@H](Cc1ccccc1)C(=O)N[C@@H](Cc1cnc[nH]1)C(=O)N[C@@H](CC(C)C)C(=O)O. The van der Waals surface area contributed by atoms with Crippen LogP contribution in [0.25, 0.3) is 0 Å². The normalized spacial score (nSPS) is 16.1. The number of nitrogens with zero attached hydrogens (tertiary/aromatic N) is 4. The summed E-state index contributed by atoms with van der Waals surface area (Å²) in [4.78, 5) is 172. The van der Waals surface area contributed by atoms with Gasteiger partial charge in [-0.1, -0.05) is 90.4 Å². The number of aliphatic carboxylic acids is 2. The number of amides is 9. The molecule has 3 heterocycles. The predicted molar refractivity (Wildman–Crippen MR) is 338 cm³/mol. The minimum Gasteiger partial charge on any atom is -0.508 e. The number of aromatic nitrogens is 4. The van der Waals surface area contributed by atoms with Crippen LogP contribution in [0.1, 0.15) is 109 Å². The van der Waals surface area contributed by atoms with Gasteiger partial charge in [0.1, 0.15) is 60.1 Å². The Morgan fingerprint density at radius 3 is 1.68 bits per heavy atom. The largest absolute Gasteiger partial charge is 0.508 e. The molecule has 31 heteroatoms. The standard InChI is InChI=1S/C62H89N17O14/c1-7-35(6)51(78-56(87)44(25-37-17-19-40(80)20-18-37)74-58(89)50(34(4)5)77-53(84)42(15-11-21-68-62(64)65)71-52(83)41(63)28-49(81)82)59(90)75-46(27-39-30-67-32-70-39)60(91)79-22-12-16-48(79)57(88)73-43(24-36-13-9-8-10-14-36)54(85)72-45(26-38-29-66-31-69-38)55(86)76-47(61(92)93)23-33(2)3/h8-10,13-14,17-20,29-35,41-48,50-51,80H,7,11-12,15-16,21-28,63H2,1-6H3,(H,66,69)(H,67,70)(H,71,83)(H,72,85)(H,73,88)(H,74,89)(H,75,90)(H,76,86)(H,77,84)(H,78,87)(H,81,82)(H,92,93)(H4,64,65,68)/t35-,41+,42-,43-,44-,45-,46-,47-,48+,50-,51-/m0/s1. The van der Waals surface area contributed by atoms with Crippen LogP contribution < -0.4 is 59.7 Å². The van der Waals surface area contributed by atoms with Crippen molar-refractivity contribution < 1.29 is 68.1 Å². The highest BCUT2D eigenvalue weighted by atomic mass is 16.4. The summed E-state index contributed by atoms with van der Waals surface area (Å²) in [6.45, 7) is 10.4. The Kier molecular flexibility index (Phi) is 28.7. The summed E-state index contributed by atoms with van der Waals surface area (Å²) in [6.07, 6.45) is 5.26. The predicted octanol–water partition coefficient (Wildman–Crippen LogP) is -1.33. The molecule has 31 nitrogen and oxygen atoms in total. The second kappa shape index (κ2) is 36.2. The lowest BCUT2D eigenvalue weighted by molar-refractivity contribution is -0.143. The van der Waals surface area contributed by atoms with Gasteiger partial charge in [-0.15, -0.1) is 0 Å². The van der Waals surface area contributed by atoms with Crippen molar-refractivity contribution in [1.29, 1.82) is 0 Å². The first-order valence-electron chi connectivity index (χ1n) is 30.9. The zero-order valence-electron chi connectivity index (χ0n) is 53.1. The van der Waals surface area contributed by atoms with Crippen molar-refractivity contribution in [2.45, 2.75) is 173 Å². The molecule has 2 aromatic carbocycles. The molecule has 0 aliphatic carbocycles. The molecule has 0 bridgehead atoms. The van der Waals surface area contributed by atoms with Crippen LogP contribution in [0.2, 0.25) is 0 Å². The van der Waals surface area contributed by atoms with Crippen molar-refractivity contribution >= 4 is 71.1 Å². The number of imidazole rings is 2. The molecule has 2 aromatic heterocycles. The summed E-state index contributed by atoms with van der Waals surface area (Å²) in [5, 5.41) is 50.8. The van der Waals surface area contributed by atoms with Crippen LogP contribution in [0, 0.1) is 17.8 Å². The molecule has 0 radical (unpaired) electrons. The molecule has 1 fully saturated rings. The summed E-state index contributed by atoms with van der Waals surface area (Å²) in [6, 6.07) is 0.810. The molecule has 19 N–H and O–H groups in total. The van der Waals surface area contributed by atoms with E-state index in [1.54, 1.807) is 71.9 Å². The maximum atomic E-state index is 15.1. The van der Waals surface area contributed by atoms with Gasteiger partial charge in [0.15, 0.2) is 5.96 Å². The number of benzene rings is 2. The number of aliphatic imine (C=N–C) groups is 1. The molecule has 0 saturated carbocycles. The Hall–Kier alpha value is -9.94. The Morgan fingerprint density at radius 2 is 1.13 bits per heavy atom. The summed E-state index contributed by atoms with van der Waals surface area (Å²) < 4.78 is 0. The molecule has 0 spiro atoms. The first kappa shape index (κ1) is 73.8. The van der Waals surface area contributed by atoms with Gasteiger partial charge in [-0.2, -0.15) is 0 Å². The number of rotatable bonds is 37. The summed E-state index contributed by atoms with van der Waals surface area (Å²) >= 11 is 0. The third-order valence-electron chi connectivity index (χ3n) is 15.6. The Morgan fingerprint density at radius 1 is 0.624 bits per heavy atom. The van der Waals surface area contributed by atoms with E-state index in [4.69, 9.17) is 17.2 Å². The number of phenolic OH excluding ortho intramolecular Hbond substituents is 1. The number of hydrogen-bond acceptors (Lipinski definition) is 16. The lowest BCUT2D eigenvalue weighted by atomic mass is 9.96. The van der Waals surface area contributed by atoms with Gasteiger partial charge in [-0.3, -0.25) is 52.9 Å². The van der Waals surface area contributed by atoms with Crippen molar-refractivity contribution in [2.24, 2.45) is 39.9 Å². The van der Waals surface area contributed by atoms with Crippen molar-refractivity contribution in [2.75, 3.05) is 13.1 Å². The monoisotopic (exact) mass is 1300 g/mol. The second-order valence-corrected chi connectivity index (χ2v) is 23.9. The summed E-state index contributed by atoms with van der Waals surface area (Å²) in [5.74, 6) is -11.7. The Balaban J connectivity index is 1.40. The smallest absolute Gasteiger partial charge is 0.326 e. The molecule has 9 amide bonds. The number of nitrogens with two attached hydrogens (primary N) is 3. The fourth-order valence-corrected chi connectivity index (χ4v) is 10.4. The third kappa shape index (κ3) is 23.7. The van der Waals surface area contributed by atoms with Crippen LogP contribution in [0.4, 0.5) is 0 Å². The van der Waals surface area contributed by atoms with Gasteiger partial charge >= 0.3 is 11.9 Å². The topological polar surface area (TPSA) is 496 Å². The fraction of sp³-hybridized carbons (Fsp3) is 0.516. The molecule has 1 aliphatic rings. The number of carbonyl (C=O) groups is 11. The lowest BCUT2D eigenvalue weighted by Gasteiger charge is -2.32. The average molecular weight is 1300 g/mol. The maximum Gasteiger partial charge on any atom is 0.326 e. The number of likely N-dealkylation sites (tertiary alicyclic amines) is 1. The average Bonchev–Trinajstić information content (AvgIpc) is 1.81. The van der Waals surface area contributed by atoms with Crippen LogP contribution in [-0.4, -0.2) is 185 Å². The molecule has 93 heavy (non-hydrogen) atoms. The lowest BCUT2D eigenvalue weighted by Crippen LogP contribution is -2.62. The van der Waals surface area contributed by atoms with Crippen LogP contribution in [0.5, 0.6) is 5.75 Å². The molecule has 11 atom stereocenters. The highest BCUT2D eigenvalue weighted by molar-refractivity contribution is 5.99. The van der Waals surface area contributed by atoms with Gasteiger partial charge < -0.3 is 89.9 Å². The third-order valence-corrected chi connectivity index (χ3v) is 15.6. The molecular formula is C62H89N17O14. The first-order chi connectivity index (χ1) is 44.1. The first-order valence-corrected chi connectivity index (χ1v) is 30.9. The fourth-order valence-electron chi connectivity index (χ4n) is 10.4. The van der Waals surface area contributed by atoms with Crippen LogP contribution in [0.15, 0.2) is 84.6 Å². The van der Waals surface area contributed by atoms with Crippen LogP contribution >= 0.6 is 0 Å². The van der Waals surface area contributed by atoms with Gasteiger partial charge in [0, 0.05) is 62.6 Å². The number of guanidine groups is 1. The summed E-state index contributed by atoms with van der Waals surface area (Å²) in [7, 11) is 0. The molecule has 4 aromatic rings. The Bertz CT molecular complexity index is 3180. The Labute approximate surface area is 538 Å².